The Kier molecular flexibility index (Phi) is 16.6. The van der Waals surface area contributed by atoms with Gasteiger partial charge < -0.3 is 45.3 Å². The topological polar surface area (TPSA) is 194 Å². The normalized spacial score (nSPS) is 14.5. The number of nitrogens with one attached hydrogen (secondary N) is 3. The first-order chi connectivity index (χ1) is 32.5. The number of phenolic OH excluding ortho intramolecular Hbond substituents is 1. The molecule has 67 heavy (non-hydrogen) atoms. The largest absolute Gasteiger partial charge is 0.506 e. The summed E-state index contributed by atoms with van der Waals surface area (Å²) in [4.78, 5) is 58.5. The highest BCUT2D eigenvalue weighted by Crippen LogP contribution is 2.34. The number of carbonyl (C=O) groups is 3. The lowest BCUT2D eigenvalue weighted by atomic mass is 9.86. The second kappa shape index (κ2) is 23.1. The average Bonchev–Trinajstić information content (AvgIpc) is 3.36. The maximum atomic E-state index is 13.9. The third kappa shape index (κ3) is 12.5. The lowest BCUT2D eigenvalue weighted by Gasteiger charge is -2.33. The SMILES string of the molecule is CCN(CCNC(=O)c1ccc(CCNC[C@H](O)c2ccc(O)c3[nH]c(=O)ccc23)cc1)C(=O)COc1cccc([C@](O)(C(=O)OCC2CCN(Cc3ccccc3)CC2)c2ccccc2)c1. The summed E-state index contributed by atoms with van der Waals surface area (Å²) in [7, 11) is 0. The van der Waals surface area contributed by atoms with Crippen LogP contribution in [0.25, 0.3) is 10.9 Å². The van der Waals surface area contributed by atoms with E-state index < -0.39 is 17.7 Å². The van der Waals surface area contributed by atoms with Crippen LogP contribution < -0.4 is 20.9 Å². The number of aromatic amines is 1. The van der Waals surface area contributed by atoms with Crippen LogP contribution in [-0.4, -0.2) is 107 Å². The molecular weight excluding hydrogens is 851 g/mol. The van der Waals surface area contributed by atoms with Crippen molar-refractivity contribution in [2.75, 3.05) is 59.0 Å². The van der Waals surface area contributed by atoms with E-state index in [4.69, 9.17) is 9.47 Å². The lowest BCUT2D eigenvalue weighted by Crippen LogP contribution is -2.41. The molecule has 2 atom stereocenters. The van der Waals surface area contributed by atoms with Gasteiger partial charge in [-0.05, 0) is 110 Å². The van der Waals surface area contributed by atoms with E-state index in [0.29, 0.717) is 47.3 Å². The van der Waals surface area contributed by atoms with Crippen molar-refractivity contribution < 1.29 is 39.2 Å². The summed E-state index contributed by atoms with van der Waals surface area (Å²) in [5, 5.41) is 39.8. The fourth-order valence-electron chi connectivity index (χ4n) is 8.40. The highest BCUT2D eigenvalue weighted by atomic mass is 16.5. The molecule has 1 saturated heterocycles. The number of fused-ring (bicyclic) bond motifs is 1. The van der Waals surface area contributed by atoms with Crippen molar-refractivity contribution in [1.82, 2.24) is 25.4 Å². The van der Waals surface area contributed by atoms with Gasteiger partial charge >= 0.3 is 5.97 Å². The minimum Gasteiger partial charge on any atom is -0.506 e. The quantitative estimate of drug-likeness (QED) is 0.0398. The van der Waals surface area contributed by atoms with Crippen LogP contribution in [0.1, 0.15) is 64.0 Å². The van der Waals surface area contributed by atoms with Crippen LogP contribution in [0, 0.1) is 5.92 Å². The molecule has 0 spiro atoms. The fourth-order valence-corrected chi connectivity index (χ4v) is 8.40. The number of carbonyl (C=O) groups excluding carboxylic acids is 3. The summed E-state index contributed by atoms with van der Waals surface area (Å²) in [5.41, 5.74) is 1.74. The van der Waals surface area contributed by atoms with E-state index >= 15 is 0 Å². The number of amides is 2. The molecule has 1 aliphatic heterocycles. The molecule has 14 nitrogen and oxygen atoms in total. The molecule has 1 fully saturated rings. The van der Waals surface area contributed by atoms with Crippen LogP contribution in [0.2, 0.25) is 0 Å². The maximum absolute atomic E-state index is 13.9. The van der Waals surface area contributed by atoms with E-state index in [2.05, 4.69) is 32.7 Å². The number of piperidine rings is 1. The number of hydrogen-bond acceptors (Lipinski definition) is 11. The van der Waals surface area contributed by atoms with Gasteiger partial charge in [0.2, 0.25) is 11.2 Å². The molecule has 1 aromatic heterocycles. The number of aromatic nitrogens is 1. The number of benzene rings is 5. The van der Waals surface area contributed by atoms with Crippen LogP contribution in [-0.2, 0) is 32.9 Å². The standard InChI is InChI=1S/C53H59N5O9/c1-2-58(31-28-55-51(63)40-18-16-37(17-19-40)24-27-54-33-47(60)44-20-22-46(59)50-45(44)21-23-48(61)56-50)49(62)36-66-43-15-9-14-42(32-43)53(65,41-12-7-4-8-13-41)52(64)67-35-39-25-29-57(30-26-39)34-38-10-5-3-6-11-38/h3-23,32,39,47,54,59-60,65H,2,24-31,33-36H2,1H3,(H,55,63)(H,56,61)/t47-,53-/m0/s1. The zero-order chi connectivity index (χ0) is 47.2. The third-order valence-electron chi connectivity index (χ3n) is 12.3. The monoisotopic (exact) mass is 909 g/mol. The highest BCUT2D eigenvalue weighted by Gasteiger charge is 2.42. The first-order valence-electron chi connectivity index (χ1n) is 22.8. The minimum atomic E-state index is -2.12. The predicted octanol–water partition coefficient (Wildman–Crippen LogP) is 5.45. The molecular formula is C53H59N5O9. The van der Waals surface area contributed by atoms with Gasteiger partial charge in [0.15, 0.2) is 6.61 Å². The Balaban J connectivity index is 0.850. The van der Waals surface area contributed by atoms with E-state index in [1.807, 2.05) is 37.3 Å². The summed E-state index contributed by atoms with van der Waals surface area (Å²) < 4.78 is 11.8. The molecule has 5 aromatic carbocycles. The smallest absolute Gasteiger partial charge is 0.347 e. The number of ether oxygens (including phenoxy) is 2. The molecule has 0 radical (unpaired) electrons. The number of phenols is 1. The number of likely N-dealkylation sites (N-methyl/N-ethyl adjacent to an activating group) is 1. The van der Waals surface area contributed by atoms with Gasteiger partial charge in [-0.2, -0.15) is 0 Å². The second-order valence-electron chi connectivity index (χ2n) is 16.9. The van der Waals surface area contributed by atoms with Crippen molar-refractivity contribution in [3.63, 3.8) is 0 Å². The van der Waals surface area contributed by atoms with Gasteiger partial charge in [-0.25, -0.2) is 4.79 Å². The van der Waals surface area contributed by atoms with Crippen molar-refractivity contribution in [3.8, 4) is 11.5 Å². The Morgan fingerprint density at radius 2 is 1.57 bits per heavy atom. The fraction of sp³-hybridized carbons (Fsp3) is 0.321. The van der Waals surface area contributed by atoms with Crippen molar-refractivity contribution >= 4 is 28.7 Å². The Bertz CT molecular complexity index is 2640. The zero-order valence-corrected chi connectivity index (χ0v) is 37.7. The van der Waals surface area contributed by atoms with Crippen LogP contribution in [0.5, 0.6) is 11.5 Å². The van der Waals surface area contributed by atoms with Crippen molar-refractivity contribution in [2.24, 2.45) is 5.92 Å². The van der Waals surface area contributed by atoms with Crippen LogP contribution in [0.3, 0.4) is 0 Å². The summed E-state index contributed by atoms with van der Waals surface area (Å²) in [6, 6.07) is 38.8. The molecule has 14 heteroatoms. The second-order valence-corrected chi connectivity index (χ2v) is 16.9. The molecule has 6 N–H and O–H groups in total. The summed E-state index contributed by atoms with van der Waals surface area (Å²) >= 11 is 0. The van der Waals surface area contributed by atoms with Gasteiger partial charge in [0.05, 0.1) is 18.2 Å². The summed E-state index contributed by atoms with van der Waals surface area (Å²) in [6.07, 6.45) is 1.53. The minimum absolute atomic E-state index is 0.0669. The van der Waals surface area contributed by atoms with Gasteiger partial charge in [-0.3, -0.25) is 19.3 Å². The molecule has 0 saturated carbocycles. The Morgan fingerprint density at radius 1 is 0.851 bits per heavy atom. The van der Waals surface area contributed by atoms with Gasteiger partial charge in [0.25, 0.3) is 11.8 Å². The van der Waals surface area contributed by atoms with Gasteiger partial charge in [0, 0.05) is 55.3 Å². The predicted molar refractivity (Wildman–Crippen MR) is 256 cm³/mol. The molecule has 0 unspecified atom stereocenters. The number of likely N-dealkylation sites (tertiary alicyclic amines) is 1. The van der Waals surface area contributed by atoms with Crippen molar-refractivity contribution in [2.45, 2.75) is 44.4 Å². The van der Waals surface area contributed by atoms with Crippen molar-refractivity contribution in [1.29, 1.82) is 0 Å². The maximum Gasteiger partial charge on any atom is 0.347 e. The zero-order valence-electron chi connectivity index (χ0n) is 37.7. The molecule has 350 valence electrons. The van der Waals surface area contributed by atoms with Crippen LogP contribution in [0.4, 0.5) is 0 Å². The van der Waals surface area contributed by atoms with Crippen LogP contribution >= 0.6 is 0 Å². The number of aliphatic hydroxyl groups is 2. The van der Waals surface area contributed by atoms with Crippen molar-refractivity contribution in [3.05, 3.63) is 177 Å². The molecule has 0 bridgehead atoms. The highest BCUT2D eigenvalue weighted by molar-refractivity contribution is 5.94. The first kappa shape index (κ1) is 48.1. The number of rotatable bonds is 21. The lowest BCUT2D eigenvalue weighted by molar-refractivity contribution is -0.164. The van der Waals surface area contributed by atoms with E-state index in [1.54, 1.807) is 83.8 Å². The number of nitrogens with zero attached hydrogens (tertiary/aromatic N) is 2. The van der Waals surface area contributed by atoms with E-state index in [9.17, 15) is 34.5 Å². The molecule has 6 aromatic rings. The Morgan fingerprint density at radius 3 is 2.30 bits per heavy atom. The first-order valence-corrected chi connectivity index (χ1v) is 22.8. The van der Waals surface area contributed by atoms with E-state index in [0.717, 1.165) is 38.0 Å². The van der Waals surface area contributed by atoms with Gasteiger partial charge in [-0.15, -0.1) is 0 Å². The third-order valence-corrected chi connectivity index (χ3v) is 12.3. The summed E-state index contributed by atoms with van der Waals surface area (Å²) in [5.74, 6) is -0.956. The van der Waals surface area contributed by atoms with E-state index in [-0.39, 0.29) is 73.0 Å². The van der Waals surface area contributed by atoms with Gasteiger partial charge in [0.1, 0.15) is 11.5 Å². The number of aliphatic hydroxyl groups excluding tert-OH is 1. The molecule has 7 rings (SSSR count). The molecule has 0 aliphatic carbocycles. The van der Waals surface area contributed by atoms with Gasteiger partial charge in [-0.1, -0.05) is 91.0 Å². The number of esters is 1. The van der Waals surface area contributed by atoms with E-state index in [1.165, 1.54) is 17.7 Å². The number of hydrogen-bond donors (Lipinski definition) is 6. The number of aromatic hydroxyl groups is 1. The Labute approximate surface area is 390 Å². The Hall–Kier alpha value is -6.84. The summed E-state index contributed by atoms with van der Waals surface area (Å²) in [6.45, 7) is 6.07. The average molecular weight is 910 g/mol. The molecule has 1 aliphatic rings. The molecule has 2 amide bonds. The van der Waals surface area contributed by atoms with Crippen LogP contribution in [0.15, 0.2) is 138 Å². The molecule has 2 heterocycles. The number of H-pyrrole nitrogens is 1. The number of pyridine rings is 1.